The summed E-state index contributed by atoms with van der Waals surface area (Å²) in [6.07, 6.45) is 8.08. The summed E-state index contributed by atoms with van der Waals surface area (Å²) < 4.78 is 5.22. The highest BCUT2D eigenvalue weighted by molar-refractivity contribution is 5.92. The molecule has 0 unspecified atom stereocenters. The SMILES string of the molecule is CC(C)(C)c1ccc(C(=O)OCC(=O)N(C2=CCCCC2)C2CC2)cc1[N+](=O)[O-]. The molecule has 0 bridgehead atoms. The van der Waals surface area contributed by atoms with Crippen LogP contribution in [0.1, 0.15) is 75.2 Å². The minimum atomic E-state index is -0.727. The number of benzene rings is 1. The van der Waals surface area contributed by atoms with Crippen LogP contribution in [0.4, 0.5) is 5.69 Å². The molecule has 0 N–H and O–H groups in total. The molecule has 156 valence electrons. The predicted molar refractivity (Wildman–Crippen MR) is 108 cm³/mol. The van der Waals surface area contributed by atoms with Crippen molar-refractivity contribution in [3.63, 3.8) is 0 Å². The number of carbonyl (C=O) groups is 2. The summed E-state index contributed by atoms with van der Waals surface area (Å²) in [6, 6.07) is 4.54. The first-order valence-corrected chi connectivity index (χ1v) is 10.2. The van der Waals surface area contributed by atoms with Gasteiger partial charge in [0.25, 0.3) is 11.6 Å². The maximum absolute atomic E-state index is 12.7. The third kappa shape index (κ3) is 5.02. The Morgan fingerprint density at radius 2 is 1.97 bits per heavy atom. The van der Waals surface area contributed by atoms with Gasteiger partial charge in [-0.2, -0.15) is 0 Å². The van der Waals surface area contributed by atoms with Crippen LogP contribution in [-0.2, 0) is 14.9 Å². The van der Waals surface area contributed by atoms with E-state index < -0.39 is 16.3 Å². The van der Waals surface area contributed by atoms with E-state index in [2.05, 4.69) is 6.08 Å². The van der Waals surface area contributed by atoms with E-state index in [0.29, 0.717) is 5.56 Å². The molecule has 2 aliphatic rings. The molecule has 1 fully saturated rings. The summed E-state index contributed by atoms with van der Waals surface area (Å²) in [5, 5.41) is 11.4. The van der Waals surface area contributed by atoms with E-state index in [1.165, 1.54) is 12.1 Å². The monoisotopic (exact) mass is 400 g/mol. The zero-order valence-electron chi connectivity index (χ0n) is 17.3. The largest absolute Gasteiger partial charge is 0.452 e. The summed E-state index contributed by atoms with van der Waals surface area (Å²) in [4.78, 5) is 37.9. The Balaban J connectivity index is 1.70. The number of ether oxygens (including phenoxy) is 1. The molecule has 29 heavy (non-hydrogen) atoms. The van der Waals surface area contributed by atoms with Crippen molar-refractivity contribution in [3.05, 3.63) is 51.2 Å². The Kier molecular flexibility index (Phi) is 6.05. The lowest BCUT2D eigenvalue weighted by Gasteiger charge is -2.27. The van der Waals surface area contributed by atoms with E-state index in [-0.39, 0.29) is 29.8 Å². The van der Waals surface area contributed by atoms with Gasteiger partial charge in [-0.3, -0.25) is 14.9 Å². The van der Waals surface area contributed by atoms with Crippen molar-refractivity contribution >= 4 is 17.6 Å². The van der Waals surface area contributed by atoms with Crippen molar-refractivity contribution in [1.29, 1.82) is 0 Å². The van der Waals surface area contributed by atoms with Crippen LogP contribution in [0, 0.1) is 10.1 Å². The second-order valence-electron chi connectivity index (χ2n) is 8.75. The van der Waals surface area contributed by atoms with Crippen molar-refractivity contribution in [1.82, 2.24) is 4.90 Å². The van der Waals surface area contributed by atoms with E-state index in [4.69, 9.17) is 4.74 Å². The van der Waals surface area contributed by atoms with Crippen molar-refractivity contribution < 1.29 is 19.2 Å². The first kappa shape index (κ1) is 21.0. The van der Waals surface area contributed by atoms with Crippen molar-refractivity contribution in [2.45, 2.75) is 70.8 Å². The minimum absolute atomic E-state index is 0.0763. The molecule has 1 saturated carbocycles. The molecular weight excluding hydrogens is 372 g/mol. The lowest BCUT2D eigenvalue weighted by atomic mass is 9.85. The Labute approximate surface area is 170 Å². The molecule has 0 atom stereocenters. The first-order chi connectivity index (χ1) is 13.7. The molecule has 0 heterocycles. The zero-order valence-corrected chi connectivity index (χ0v) is 17.3. The molecule has 7 nitrogen and oxygen atoms in total. The third-order valence-corrected chi connectivity index (χ3v) is 5.32. The second-order valence-corrected chi connectivity index (χ2v) is 8.75. The molecule has 0 spiro atoms. The number of esters is 1. The summed E-state index contributed by atoms with van der Waals surface area (Å²) in [7, 11) is 0. The van der Waals surface area contributed by atoms with Crippen LogP contribution in [0.2, 0.25) is 0 Å². The van der Waals surface area contributed by atoms with Gasteiger partial charge in [-0.1, -0.05) is 32.9 Å². The van der Waals surface area contributed by atoms with E-state index >= 15 is 0 Å². The van der Waals surface area contributed by atoms with Gasteiger partial charge in [-0.15, -0.1) is 0 Å². The lowest BCUT2D eigenvalue weighted by Crippen LogP contribution is -2.36. The number of rotatable bonds is 6. The number of amides is 1. The highest BCUT2D eigenvalue weighted by atomic mass is 16.6. The summed E-state index contributed by atoms with van der Waals surface area (Å²) >= 11 is 0. The predicted octanol–water partition coefficient (Wildman–Crippen LogP) is 4.50. The zero-order chi connectivity index (χ0) is 21.2. The summed E-state index contributed by atoms with van der Waals surface area (Å²) in [5.74, 6) is -0.954. The van der Waals surface area contributed by atoms with Gasteiger partial charge in [0.2, 0.25) is 0 Å². The number of allylic oxidation sites excluding steroid dienone is 2. The maximum Gasteiger partial charge on any atom is 0.338 e. The van der Waals surface area contributed by atoms with Gasteiger partial charge < -0.3 is 9.64 Å². The van der Waals surface area contributed by atoms with Crippen LogP contribution in [-0.4, -0.2) is 34.3 Å². The van der Waals surface area contributed by atoms with Crippen LogP contribution in [0.5, 0.6) is 0 Å². The van der Waals surface area contributed by atoms with Crippen LogP contribution in [0.15, 0.2) is 30.0 Å². The molecule has 0 saturated heterocycles. The first-order valence-electron chi connectivity index (χ1n) is 10.2. The molecular formula is C22H28N2O5. The van der Waals surface area contributed by atoms with Crippen molar-refractivity contribution in [2.24, 2.45) is 0 Å². The maximum atomic E-state index is 12.7. The van der Waals surface area contributed by atoms with Gasteiger partial charge in [0.05, 0.1) is 10.5 Å². The fraction of sp³-hybridized carbons (Fsp3) is 0.545. The molecule has 1 aromatic carbocycles. The standard InChI is InChI=1S/C22H28N2O5/c1-22(2,3)18-12-9-15(13-19(18)24(27)28)21(26)29-14-20(25)23(17-10-11-17)16-7-5-4-6-8-16/h7,9,12-13,17H,4-6,8,10-11,14H2,1-3H3. The number of hydrogen-bond acceptors (Lipinski definition) is 5. The molecule has 0 aliphatic heterocycles. The Morgan fingerprint density at radius 3 is 2.52 bits per heavy atom. The number of nitro groups is 1. The quantitative estimate of drug-likeness (QED) is 0.398. The number of nitrogens with zero attached hydrogens (tertiary/aromatic N) is 2. The molecule has 0 aromatic heterocycles. The van der Waals surface area contributed by atoms with Crippen molar-refractivity contribution in [3.8, 4) is 0 Å². The molecule has 0 radical (unpaired) electrons. The molecule has 1 aromatic rings. The molecule has 3 rings (SSSR count). The third-order valence-electron chi connectivity index (χ3n) is 5.32. The number of nitro benzene ring substituents is 1. The van der Waals surface area contributed by atoms with Crippen molar-refractivity contribution in [2.75, 3.05) is 6.61 Å². The lowest BCUT2D eigenvalue weighted by molar-refractivity contribution is -0.386. The van der Waals surface area contributed by atoms with Gasteiger partial charge in [0, 0.05) is 23.4 Å². The highest BCUT2D eigenvalue weighted by Gasteiger charge is 2.35. The van der Waals surface area contributed by atoms with Gasteiger partial charge in [0.15, 0.2) is 6.61 Å². The van der Waals surface area contributed by atoms with Crippen LogP contribution in [0.3, 0.4) is 0 Å². The topological polar surface area (TPSA) is 89.8 Å². The minimum Gasteiger partial charge on any atom is -0.452 e. The smallest absolute Gasteiger partial charge is 0.338 e. The molecule has 1 amide bonds. The fourth-order valence-electron chi connectivity index (χ4n) is 3.70. The summed E-state index contributed by atoms with van der Waals surface area (Å²) in [6.45, 7) is 5.26. The second kappa shape index (κ2) is 8.35. The van der Waals surface area contributed by atoms with Crippen LogP contribution < -0.4 is 0 Å². The average Bonchev–Trinajstić information content (AvgIpc) is 3.51. The van der Waals surface area contributed by atoms with E-state index in [1.807, 2.05) is 20.8 Å². The van der Waals surface area contributed by atoms with E-state index in [9.17, 15) is 19.7 Å². The van der Waals surface area contributed by atoms with Gasteiger partial charge in [0.1, 0.15) is 0 Å². The number of hydrogen-bond donors (Lipinski definition) is 0. The Bertz CT molecular complexity index is 849. The Hall–Kier alpha value is -2.70. The molecule has 2 aliphatic carbocycles. The highest BCUT2D eigenvalue weighted by Crippen LogP contribution is 2.34. The Morgan fingerprint density at radius 1 is 1.24 bits per heavy atom. The average molecular weight is 400 g/mol. The van der Waals surface area contributed by atoms with E-state index in [0.717, 1.165) is 44.2 Å². The fourth-order valence-corrected chi connectivity index (χ4v) is 3.70. The normalized spacial score (nSPS) is 16.7. The van der Waals surface area contributed by atoms with Gasteiger partial charge >= 0.3 is 5.97 Å². The summed E-state index contributed by atoms with van der Waals surface area (Å²) in [5.41, 5.74) is 1.10. The van der Waals surface area contributed by atoms with E-state index in [1.54, 1.807) is 11.0 Å². The molecule has 7 heteroatoms. The van der Waals surface area contributed by atoms with Crippen LogP contribution in [0.25, 0.3) is 0 Å². The van der Waals surface area contributed by atoms with Crippen LogP contribution >= 0.6 is 0 Å². The number of carbonyl (C=O) groups excluding carboxylic acids is 2. The van der Waals surface area contributed by atoms with Gasteiger partial charge in [-0.05, 0) is 50.0 Å². The van der Waals surface area contributed by atoms with Gasteiger partial charge in [-0.25, -0.2) is 4.79 Å².